The third kappa shape index (κ3) is 4.79. The molecule has 0 radical (unpaired) electrons. The fourth-order valence-electron chi connectivity index (χ4n) is 6.79. The van der Waals surface area contributed by atoms with Crippen LogP contribution in [0.5, 0.6) is 0 Å². The van der Waals surface area contributed by atoms with Crippen LogP contribution < -0.4 is 0 Å². The first kappa shape index (κ1) is 27.8. The van der Waals surface area contributed by atoms with Gasteiger partial charge in [-0.2, -0.15) is 0 Å². The zero-order chi connectivity index (χ0) is 31.9. The van der Waals surface area contributed by atoms with Gasteiger partial charge in [-0.05, 0) is 71.8 Å². The molecule has 4 nitrogen and oxygen atoms in total. The highest BCUT2D eigenvalue weighted by atomic mass is 15.0. The average molecular weight is 615 g/mol. The lowest BCUT2D eigenvalue weighted by atomic mass is 10.2. The second kappa shape index (κ2) is 11.7. The lowest BCUT2D eigenvalue weighted by Crippen LogP contribution is -1.94. The Labute approximate surface area is 278 Å². The monoisotopic (exact) mass is 614 g/mol. The minimum Gasteiger partial charge on any atom is -0.309 e. The van der Waals surface area contributed by atoms with E-state index in [-0.39, 0.29) is 0 Å². The highest BCUT2D eigenvalue weighted by Crippen LogP contribution is 2.33. The molecule has 0 unspecified atom stereocenters. The molecule has 0 aliphatic carbocycles. The summed E-state index contributed by atoms with van der Waals surface area (Å²) >= 11 is 0. The van der Waals surface area contributed by atoms with E-state index in [4.69, 9.17) is 9.98 Å². The Morgan fingerprint density at radius 3 is 0.938 bits per heavy atom. The van der Waals surface area contributed by atoms with Gasteiger partial charge in [-0.3, -0.25) is 9.98 Å². The van der Waals surface area contributed by atoms with Gasteiger partial charge in [0.05, 0.1) is 33.4 Å². The van der Waals surface area contributed by atoms with Crippen LogP contribution in [0.15, 0.2) is 180 Å². The van der Waals surface area contributed by atoms with E-state index in [0.29, 0.717) is 0 Å². The van der Waals surface area contributed by atoms with Gasteiger partial charge >= 0.3 is 0 Å². The molecule has 0 aliphatic heterocycles. The lowest BCUT2D eigenvalue weighted by Gasteiger charge is -2.08. The van der Waals surface area contributed by atoms with E-state index in [2.05, 4.69) is 155 Å². The van der Waals surface area contributed by atoms with Crippen molar-refractivity contribution >= 4 is 67.4 Å². The molecule has 48 heavy (non-hydrogen) atoms. The number of aromatic nitrogens is 2. The molecular formula is C44H30N4. The van der Waals surface area contributed by atoms with Crippen LogP contribution in [0.25, 0.3) is 55.0 Å². The molecule has 0 spiro atoms. The minimum absolute atomic E-state index is 0.821. The number of aliphatic imine (C=N–C) groups is 2. The van der Waals surface area contributed by atoms with Gasteiger partial charge in [0.1, 0.15) is 0 Å². The van der Waals surface area contributed by atoms with Crippen LogP contribution in [-0.2, 0) is 0 Å². The van der Waals surface area contributed by atoms with E-state index in [1.165, 1.54) is 43.6 Å². The van der Waals surface area contributed by atoms with Crippen molar-refractivity contribution in [3.63, 3.8) is 0 Å². The summed E-state index contributed by atoms with van der Waals surface area (Å²) in [6, 6.07) is 59.4. The minimum atomic E-state index is 0.821. The SMILES string of the molecule is C(=Nc1ccccc1N=Cc1ccc(-n2c3ccccc3c3ccccc32)cc1)c1ccc(-n2c3ccccc3c3ccccc32)cc1. The van der Waals surface area contributed by atoms with Crippen LogP contribution in [0.1, 0.15) is 11.1 Å². The molecular weight excluding hydrogens is 585 g/mol. The summed E-state index contributed by atoms with van der Waals surface area (Å²) in [4.78, 5) is 9.68. The van der Waals surface area contributed by atoms with Crippen molar-refractivity contribution in [2.75, 3.05) is 0 Å². The molecule has 0 N–H and O–H groups in total. The van der Waals surface area contributed by atoms with Gasteiger partial charge in [0.25, 0.3) is 0 Å². The van der Waals surface area contributed by atoms with Gasteiger partial charge in [-0.25, -0.2) is 0 Å². The first-order chi connectivity index (χ1) is 23.8. The summed E-state index contributed by atoms with van der Waals surface area (Å²) in [5.41, 5.74) is 10.8. The second-order valence-corrected chi connectivity index (χ2v) is 11.9. The largest absolute Gasteiger partial charge is 0.309 e. The Morgan fingerprint density at radius 2 is 0.604 bits per heavy atom. The van der Waals surface area contributed by atoms with Crippen molar-refractivity contribution in [2.45, 2.75) is 0 Å². The molecule has 2 aromatic heterocycles. The van der Waals surface area contributed by atoms with Gasteiger partial charge < -0.3 is 9.13 Å². The number of rotatable bonds is 6. The summed E-state index contributed by atoms with van der Waals surface area (Å²) in [5, 5.41) is 5.04. The first-order valence-corrected chi connectivity index (χ1v) is 16.2. The van der Waals surface area contributed by atoms with Crippen LogP contribution in [0.4, 0.5) is 11.4 Å². The summed E-state index contributed by atoms with van der Waals surface area (Å²) in [5.74, 6) is 0. The maximum atomic E-state index is 4.84. The summed E-state index contributed by atoms with van der Waals surface area (Å²) < 4.78 is 4.65. The number of hydrogen-bond acceptors (Lipinski definition) is 2. The number of fused-ring (bicyclic) bond motifs is 6. The molecule has 4 heteroatoms. The van der Waals surface area contributed by atoms with E-state index in [9.17, 15) is 0 Å². The molecule has 9 aromatic rings. The molecule has 0 bridgehead atoms. The highest BCUT2D eigenvalue weighted by molar-refractivity contribution is 6.10. The Hall–Kier alpha value is -6.52. The standard InChI is InChI=1S/C44H30N4/c1-7-17-41-35(11-1)36-12-2-8-18-42(36)47(41)33-25-21-31(22-26-33)29-45-39-15-5-6-16-40(39)46-30-32-23-27-34(28-24-32)48-43-19-9-3-13-37(43)38-14-4-10-20-44(38)48/h1-30H. The average Bonchev–Trinajstić information content (AvgIpc) is 3.67. The molecule has 0 saturated heterocycles. The molecule has 0 fully saturated rings. The quantitative estimate of drug-likeness (QED) is 0.167. The molecule has 0 aliphatic rings. The van der Waals surface area contributed by atoms with E-state index >= 15 is 0 Å². The fraction of sp³-hybridized carbons (Fsp3) is 0. The lowest BCUT2D eigenvalue weighted by molar-refractivity contribution is 1.18. The van der Waals surface area contributed by atoms with E-state index in [1.807, 2.05) is 36.7 Å². The molecule has 2 heterocycles. The Kier molecular flexibility index (Phi) is 6.76. The van der Waals surface area contributed by atoms with Gasteiger partial charge in [0.2, 0.25) is 0 Å². The second-order valence-electron chi connectivity index (χ2n) is 11.9. The number of nitrogens with zero attached hydrogens (tertiary/aromatic N) is 4. The van der Waals surface area contributed by atoms with Gasteiger partial charge in [-0.15, -0.1) is 0 Å². The van der Waals surface area contributed by atoms with Crippen molar-refractivity contribution in [3.05, 3.63) is 181 Å². The molecule has 0 saturated carbocycles. The Bertz CT molecular complexity index is 2360. The first-order valence-electron chi connectivity index (χ1n) is 16.2. The third-order valence-corrected chi connectivity index (χ3v) is 9.05. The number of hydrogen-bond donors (Lipinski definition) is 0. The van der Waals surface area contributed by atoms with Gasteiger partial charge in [0.15, 0.2) is 0 Å². The van der Waals surface area contributed by atoms with E-state index in [1.54, 1.807) is 0 Å². The van der Waals surface area contributed by atoms with Crippen molar-refractivity contribution in [1.29, 1.82) is 0 Å². The van der Waals surface area contributed by atoms with Crippen LogP contribution in [0.2, 0.25) is 0 Å². The smallest absolute Gasteiger partial charge is 0.0886 e. The van der Waals surface area contributed by atoms with Crippen molar-refractivity contribution < 1.29 is 0 Å². The molecule has 226 valence electrons. The molecule has 0 amide bonds. The van der Waals surface area contributed by atoms with Crippen LogP contribution >= 0.6 is 0 Å². The maximum Gasteiger partial charge on any atom is 0.0886 e. The maximum absolute atomic E-state index is 4.84. The summed E-state index contributed by atoms with van der Waals surface area (Å²) in [6.45, 7) is 0. The van der Waals surface area contributed by atoms with Crippen LogP contribution in [0.3, 0.4) is 0 Å². The Balaban J connectivity index is 0.970. The van der Waals surface area contributed by atoms with E-state index in [0.717, 1.165) is 33.9 Å². The summed E-state index contributed by atoms with van der Waals surface area (Å²) in [6.07, 6.45) is 3.81. The van der Waals surface area contributed by atoms with Gasteiger partial charge in [-0.1, -0.05) is 109 Å². The zero-order valence-electron chi connectivity index (χ0n) is 26.1. The zero-order valence-corrected chi connectivity index (χ0v) is 26.1. The van der Waals surface area contributed by atoms with Crippen molar-refractivity contribution in [3.8, 4) is 11.4 Å². The van der Waals surface area contributed by atoms with Crippen LogP contribution in [-0.4, -0.2) is 21.6 Å². The predicted octanol–water partition coefficient (Wildman–Crippen LogP) is 11.4. The van der Waals surface area contributed by atoms with Crippen molar-refractivity contribution in [2.24, 2.45) is 9.98 Å². The van der Waals surface area contributed by atoms with Gasteiger partial charge in [0, 0.05) is 45.3 Å². The van der Waals surface area contributed by atoms with Crippen molar-refractivity contribution in [1.82, 2.24) is 9.13 Å². The summed E-state index contributed by atoms with van der Waals surface area (Å²) in [7, 11) is 0. The molecule has 7 aromatic carbocycles. The fourth-order valence-corrected chi connectivity index (χ4v) is 6.79. The number of para-hydroxylation sites is 6. The molecule has 9 rings (SSSR count). The van der Waals surface area contributed by atoms with E-state index < -0.39 is 0 Å². The Morgan fingerprint density at radius 1 is 0.312 bits per heavy atom. The molecule has 0 atom stereocenters. The third-order valence-electron chi connectivity index (χ3n) is 9.05. The van der Waals surface area contributed by atoms with Crippen LogP contribution in [0, 0.1) is 0 Å². The topological polar surface area (TPSA) is 34.6 Å². The normalized spacial score (nSPS) is 12.0. The predicted molar refractivity (Wildman–Crippen MR) is 203 cm³/mol. The number of benzene rings is 7. The highest BCUT2D eigenvalue weighted by Gasteiger charge is 2.12.